The van der Waals surface area contributed by atoms with Crippen LogP contribution in [0.15, 0.2) is 34.9 Å². The molecule has 1 aromatic carbocycles. The predicted molar refractivity (Wildman–Crippen MR) is 73.4 cm³/mol. The number of esters is 1. The van der Waals surface area contributed by atoms with Gasteiger partial charge in [-0.15, -0.1) is 0 Å². The van der Waals surface area contributed by atoms with E-state index in [1.165, 1.54) is 19.2 Å². The van der Waals surface area contributed by atoms with Crippen LogP contribution in [-0.4, -0.2) is 17.6 Å². The first-order chi connectivity index (χ1) is 9.01. The van der Waals surface area contributed by atoms with Crippen LogP contribution in [0.4, 0.5) is 10.1 Å². The van der Waals surface area contributed by atoms with E-state index in [0.29, 0.717) is 21.4 Å². The van der Waals surface area contributed by atoms with Gasteiger partial charge in [-0.05, 0) is 18.2 Å². The van der Waals surface area contributed by atoms with Gasteiger partial charge >= 0.3 is 5.97 Å². The van der Waals surface area contributed by atoms with Gasteiger partial charge in [0.15, 0.2) is 0 Å². The smallest absolute Gasteiger partial charge is 0.354 e. The number of methoxy groups -OCH3 is 1. The second kappa shape index (κ2) is 5.44. The van der Waals surface area contributed by atoms with Gasteiger partial charge in [-0.1, -0.05) is 22.0 Å². The Morgan fingerprint density at radius 3 is 2.84 bits per heavy atom. The van der Waals surface area contributed by atoms with Crippen molar-refractivity contribution >= 4 is 27.6 Å². The van der Waals surface area contributed by atoms with Crippen LogP contribution in [0.25, 0.3) is 0 Å². The minimum atomic E-state index is -0.505. The minimum absolute atomic E-state index is 0.209. The number of benzene rings is 1. The summed E-state index contributed by atoms with van der Waals surface area (Å²) in [5.74, 6) is -0.855. The molecule has 0 aliphatic rings. The van der Waals surface area contributed by atoms with Gasteiger partial charge in [-0.3, -0.25) is 0 Å². The zero-order valence-corrected chi connectivity index (χ0v) is 11.8. The first kappa shape index (κ1) is 13.6. The number of aromatic nitrogens is 1. The molecule has 100 valence electrons. The van der Waals surface area contributed by atoms with Crippen molar-refractivity contribution in [3.63, 3.8) is 0 Å². The maximum absolute atomic E-state index is 13.8. The van der Waals surface area contributed by atoms with E-state index in [0.717, 1.165) is 0 Å². The average Bonchev–Trinajstić information content (AvgIpc) is 2.73. The van der Waals surface area contributed by atoms with Crippen LogP contribution in [0.1, 0.15) is 16.1 Å². The fourth-order valence-corrected chi connectivity index (χ4v) is 2.11. The molecule has 1 aromatic heterocycles. The van der Waals surface area contributed by atoms with Crippen molar-refractivity contribution in [3.05, 3.63) is 52.0 Å². The highest BCUT2D eigenvalue weighted by Crippen LogP contribution is 2.19. The predicted octanol–water partition coefficient (Wildman–Crippen LogP) is 2.81. The number of nitrogens with zero attached hydrogens (tertiary/aromatic N) is 1. The van der Waals surface area contributed by atoms with E-state index >= 15 is 0 Å². The summed E-state index contributed by atoms with van der Waals surface area (Å²) >= 11 is 3.19. The van der Waals surface area contributed by atoms with E-state index < -0.39 is 5.97 Å². The first-order valence-electron chi connectivity index (χ1n) is 5.49. The third kappa shape index (κ3) is 2.96. The molecule has 1 heterocycles. The number of hydrogen-bond acceptors (Lipinski definition) is 3. The molecule has 0 atom stereocenters. The number of carbonyl (C=O) groups is 1. The summed E-state index contributed by atoms with van der Waals surface area (Å²) in [6, 6.07) is 6.27. The lowest BCUT2D eigenvalue weighted by molar-refractivity contribution is 0.0589. The van der Waals surface area contributed by atoms with Crippen molar-refractivity contribution < 1.29 is 13.9 Å². The fraction of sp³-hybridized carbons (Fsp3) is 0.154. The Morgan fingerprint density at radius 2 is 2.21 bits per heavy atom. The number of halogens is 2. The van der Waals surface area contributed by atoms with E-state index in [1.807, 2.05) is 0 Å². The lowest BCUT2D eigenvalue weighted by atomic mass is 10.2. The first-order valence-corrected chi connectivity index (χ1v) is 6.28. The summed E-state index contributed by atoms with van der Waals surface area (Å²) in [6.07, 6.45) is 1.58. The molecule has 0 aliphatic carbocycles. The van der Waals surface area contributed by atoms with E-state index in [4.69, 9.17) is 5.73 Å². The summed E-state index contributed by atoms with van der Waals surface area (Å²) in [6.45, 7) is 0.209. The molecule has 0 unspecified atom stereocenters. The molecule has 2 aromatic rings. The van der Waals surface area contributed by atoms with Crippen molar-refractivity contribution in [3.8, 4) is 0 Å². The van der Waals surface area contributed by atoms with Gasteiger partial charge in [-0.25, -0.2) is 9.18 Å². The number of nitrogen functional groups attached to an aromatic ring is 1. The number of nitrogens with two attached hydrogens (primary N) is 1. The standard InChI is InChI=1S/C13H12BrFN2O2/c1-19-13(18)12-5-10(16)7-17(12)6-8-2-3-9(14)4-11(8)15/h2-5,7H,6,16H2,1H3. The van der Waals surface area contributed by atoms with Gasteiger partial charge < -0.3 is 15.0 Å². The quantitative estimate of drug-likeness (QED) is 0.882. The summed E-state index contributed by atoms with van der Waals surface area (Å²) in [5.41, 5.74) is 6.84. The van der Waals surface area contributed by atoms with Gasteiger partial charge in [0.1, 0.15) is 11.5 Å². The van der Waals surface area contributed by atoms with Crippen LogP contribution in [0.3, 0.4) is 0 Å². The van der Waals surface area contributed by atoms with Crippen LogP contribution in [0.5, 0.6) is 0 Å². The average molecular weight is 327 g/mol. The van der Waals surface area contributed by atoms with Gasteiger partial charge in [-0.2, -0.15) is 0 Å². The molecular weight excluding hydrogens is 315 g/mol. The third-order valence-corrected chi connectivity index (χ3v) is 3.16. The Morgan fingerprint density at radius 1 is 1.47 bits per heavy atom. The highest BCUT2D eigenvalue weighted by molar-refractivity contribution is 9.10. The number of rotatable bonds is 3. The molecule has 19 heavy (non-hydrogen) atoms. The van der Waals surface area contributed by atoms with E-state index in [-0.39, 0.29) is 12.4 Å². The molecule has 0 radical (unpaired) electrons. The summed E-state index contributed by atoms with van der Waals surface area (Å²) in [4.78, 5) is 11.6. The Kier molecular flexibility index (Phi) is 3.90. The Balaban J connectivity index is 2.35. The molecule has 4 nitrogen and oxygen atoms in total. The van der Waals surface area contributed by atoms with E-state index in [2.05, 4.69) is 20.7 Å². The lowest BCUT2D eigenvalue weighted by Gasteiger charge is -2.08. The maximum Gasteiger partial charge on any atom is 0.354 e. The second-order valence-electron chi connectivity index (χ2n) is 4.01. The second-order valence-corrected chi connectivity index (χ2v) is 4.93. The molecule has 0 spiro atoms. The highest BCUT2D eigenvalue weighted by Gasteiger charge is 2.14. The maximum atomic E-state index is 13.8. The minimum Gasteiger partial charge on any atom is -0.464 e. The van der Waals surface area contributed by atoms with Crippen molar-refractivity contribution in [1.82, 2.24) is 4.57 Å². The molecule has 2 N–H and O–H groups in total. The van der Waals surface area contributed by atoms with Crippen LogP contribution in [0.2, 0.25) is 0 Å². The number of hydrogen-bond donors (Lipinski definition) is 1. The van der Waals surface area contributed by atoms with Gasteiger partial charge in [0, 0.05) is 16.2 Å². The molecule has 0 amide bonds. The van der Waals surface area contributed by atoms with Crippen LogP contribution in [-0.2, 0) is 11.3 Å². The van der Waals surface area contributed by atoms with E-state index in [9.17, 15) is 9.18 Å². The van der Waals surface area contributed by atoms with Gasteiger partial charge in [0.2, 0.25) is 0 Å². The van der Waals surface area contributed by atoms with Crippen molar-refractivity contribution in [2.24, 2.45) is 0 Å². The lowest BCUT2D eigenvalue weighted by Crippen LogP contribution is -2.11. The van der Waals surface area contributed by atoms with E-state index in [1.54, 1.807) is 22.9 Å². The largest absolute Gasteiger partial charge is 0.464 e. The molecule has 0 aliphatic heterocycles. The van der Waals surface area contributed by atoms with Crippen LogP contribution >= 0.6 is 15.9 Å². The van der Waals surface area contributed by atoms with Crippen molar-refractivity contribution in [2.45, 2.75) is 6.54 Å². The summed E-state index contributed by atoms with van der Waals surface area (Å²) in [7, 11) is 1.29. The molecule has 0 bridgehead atoms. The third-order valence-electron chi connectivity index (χ3n) is 2.67. The van der Waals surface area contributed by atoms with Crippen molar-refractivity contribution in [1.29, 1.82) is 0 Å². The zero-order valence-electron chi connectivity index (χ0n) is 10.2. The van der Waals surface area contributed by atoms with Crippen LogP contribution < -0.4 is 5.73 Å². The normalized spacial score (nSPS) is 10.5. The number of carbonyl (C=O) groups excluding carboxylic acids is 1. The van der Waals surface area contributed by atoms with Gasteiger partial charge in [0.05, 0.1) is 19.3 Å². The molecule has 0 fully saturated rings. The zero-order chi connectivity index (χ0) is 14.0. The topological polar surface area (TPSA) is 57.2 Å². The molecule has 2 rings (SSSR count). The fourth-order valence-electron chi connectivity index (χ4n) is 1.77. The monoisotopic (exact) mass is 326 g/mol. The van der Waals surface area contributed by atoms with Crippen LogP contribution in [0, 0.1) is 5.82 Å². The number of anilines is 1. The highest BCUT2D eigenvalue weighted by atomic mass is 79.9. The van der Waals surface area contributed by atoms with Gasteiger partial charge in [0.25, 0.3) is 0 Å². The SMILES string of the molecule is COC(=O)c1cc(N)cn1Cc1ccc(Br)cc1F. The summed E-state index contributed by atoms with van der Waals surface area (Å²) in [5, 5.41) is 0. The molecule has 0 saturated heterocycles. The van der Waals surface area contributed by atoms with Crippen molar-refractivity contribution in [2.75, 3.05) is 12.8 Å². The Labute approximate surface area is 118 Å². The molecule has 6 heteroatoms. The number of ether oxygens (including phenoxy) is 1. The Bertz CT molecular complexity index is 625. The molecular formula is C13H12BrFN2O2. The summed E-state index contributed by atoms with van der Waals surface area (Å²) < 4.78 is 20.7. The Hall–Kier alpha value is -1.82. The molecule has 0 saturated carbocycles.